The first-order valence-electron chi connectivity index (χ1n) is 7.48. The van der Waals surface area contributed by atoms with Gasteiger partial charge in [0.25, 0.3) is 5.69 Å². The molecule has 0 fully saturated rings. The number of nitro benzene ring substituents is 1. The minimum atomic E-state index is -0.890. The van der Waals surface area contributed by atoms with E-state index in [-0.39, 0.29) is 16.7 Å². The van der Waals surface area contributed by atoms with E-state index in [0.717, 1.165) is 0 Å². The van der Waals surface area contributed by atoms with Crippen LogP contribution in [0.3, 0.4) is 0 Å². The maximum atomic E-state index is 12.3. The largest absolute Gasteiger partial charge is 0.506 e. The van der Waals surface area contributed by atoms with E-state index < -0.39 is 27.5 Å². The van der Waals surface area contributed by atoms with E-state index in [1.807, 2.05) is 20.8 Å². The number of hydrogen-bond acceptors (Lipinski definition) is 5. The smallest absolute Gasteiger partial charge is 0.280 e. The first kappa shape index (κ1) is 19.4. The van der Waals surface area contributed by atoms with E-state index in [9.17, 15) is 25.3 Å². The number of aliphatic hydroxyl groups is 1. The summed E-state index contributed by atoms with van der Waals surface area (Å²) in [5.41, 5.74) is -1.45. The van der Waals surface area contributed by atoms with Crippen molar-refractivity contribution >= 4 is 17.2 Å². The fraction of sp³-hybridized carbons (Fsp3) is 0.444. The van der Waals surface area contributed by atoms with Crippen LogP contribution in [-0.2, 0) is 10.2 Å². The van der Waals surface area contributed by atoms with Crippen LogP contribution in [0.25, 0.3) is 5.76 Å². The van der Waals surface area contributed by atoms with Gasteiger partial charge in [0, 0.05) is 11.5 Å². The number of nitrogens with zero attached hydrogens (tertiary/aromatic N) is 2. The maximum absolute atomic E-state index is 12.3. The summed E-state index contributed by atoms with van der Waals surface area (Å²) in [4.78, 5) is 23.1. The Morgan fingerprint density at radius 1 is 1.21 bits per heavy atom. The Bertz CT molecular complexity index is 757. The van der Waals surface area contributed by atoms with E-state index in [0.29, 0.717) is 5.56 Å². The van der Waals surface area contributed by atoms with Gasteiger partial charge in [0.1, 0.15) is 11.6 Å². The number of nitriles is 1. The number of carbonyl (C=O) groups is 1. The SMILES string of the molecule is CC(C)(C)C(=O)/C(C#N)=C(\O)c1ccc(C(C)(C)C)cc1[N+](=O)[O-]. The summed E-state index contributed by atoms with van der Waals surface area (Å²) in [5, 5.41) is 31.0. The van der Waals surface area contributed by atoms with Crippen molar-refractivity contribution in [1.82, 2.24) is 0 Å². The summed E-state index contributed by atoms with van der Waals surface area (Å²) in [6.07, 6.45) is 0. The third-order valence-corrected chi connectivity index (χ3v) is 3.57. The van der Waals surface area contributed by atoms with Gasteiger partial charge >= 0.3 is 0 Å². The minimum Gasteiger partial charge on any atom is -0.506 e. The molecule has 24 heavy (non-hydrogen) atoms. The maximum Gasteiger partial charge on any atom is 0.280 e. The van der Waals surface area contributed by atoms with E-state index in [1.54, 1.807) is 32.9 Å². The lowest BCUT2D eigenvalue weighted by molar-refractivity contribution is -0.385. The Hall–Kier alpha value is -2.68. The van der Waals surface area contributed by atoms with Crippen LogP contribution in [0.4, 0.5) is 5.69 Å². The van der Waals surface area contributed by atoms with Gasteiger partial charge < -0.3 is 5.11 Å². The van der Waals surface area contributed by atoms with Crippen molar-refractivity contribution in [2.24, 2.45) is 5.41 Å². The highest BCUT2D eigenvalue weighted by Crippen LogP contribution is 2.33. The highest BCUT2D eigenvalue weighted by atomic mass is 16.6. The summed E-state index contributed by atoms with van der Waals surface area (Å²) in [5.74, 6) is -1.23. The Kier molecular flexibility index (Phi) is 5.20. The molecule has 0 amide bonds. The van der Waals surface area contributed by atoms with Crippen molar-refractivity contribution in [2.45, 2.75) is 47.0 Å². The van der Waals surface area contributed by atoms with Crippen LogP contribution in [0.15, 0.2) is 23.8 Å². The van der Waals surface area contributed by atoms with Crippen LogP contribution >= 0.6 is 0 Å². The van der Waals surface area contributed by atoms with Crippen molar-refractivity contribution in [1.29, 1.82) is 5.26 Å². The van der Waals surface area contributed by atoms with Crippen molar-refractivity contribution in [3.63, 3.8) is 0 Å². The molecule has 0 aromatic heterocycles. The molecule has 1 rings (SSSR count). The predicted octanol–water partition coefficient (Wildman–Crippen LogP) is 4.30. The number of rotatable bonds is 3. The quantitative estimate of drug-likeness (QED) is 0.292. The molecule has 1 N–H and O–H groups in total. The lowest BCUT2D eigenvalue weighted by Gasteiger charge is -2.20. The Morgan fingerprint density at radius 2 is 1.75 bits per heavy atom. The van der Waals surface area contributed by atoms with Gasteiger partial charge in [-0.25, -0.2) is 0 Å². The summed E-state index contributed by atoms with van der Waals surface area (Å²) in [7, 11) is 0. The molecule has 0 aliphatic heterocycles. The molecule has 1 aromatic carbocycles. The molecule has 0 radical (unpaired) electrons. The molecule has 0 atom stereocenters. The first-order valence-corrected chi connectivity index (χ1v) is 7.48. The Balaban J connectivity index is 3.66. The molecule has 0 spiro atoms. The van der Waals surface area contributed by atoms with Gasteiger partial charge in [-0.1, -0.05) is 47.6 Å². The van der Waals surface area contributed by atoms with Crippen molar-refractivity contribution in [3.05, 3.63) is 45.0 Å². The molecule has 1 aromatic rings. The fourth-order valence-corrected chi connectivity index (χ4v) is 2.07. The zero-order chi connectivity index (χ0) is 18.9. The van der Waals surface area contributed by atoms with Crippen LogP contribution < -0.4 is 0 Å². The van der Waals surface area contributed by atoms with Crippen molar-refractivity contribution in [2.75, 3.05) is 0 Å². The zero-order valence-corrected chi connectivity index (χ0v) is 14.8. The molecule has 0 heterocycles. The van der Waals surface area contributed by atoms with Gasteiger partial charge in [0.05, 0.1) is 10.5 Å². The van der Waals surface area contributed by atoms with Gasteiger partial charge in [-0.3, -0.25) is 14.9 Å². The first-order chi connectivity index (χ1) is 10.8. The molecule has 0 aliphatic rings. The van der Waals surface area contributed by atoms with E-state index in [2.05, 4.69) is 0 Å². The molecule has 0 aliphatic carbocycles. The second-order valence-electron chi connectivity index (χ2n) is 7.65. The van der Waals surface area contributed by atoms with Gasteiger partial charge in [-0.05, 0) is 17.0 Å². The standard InChI is InChI=1S/C18H22N2O4/c1-17(2,3)11-7-8-12(14(9-11)20(23)24)15(21)13(10-19)16(22)18(4,5)6/h7-9,21H,1-6H3/b15-13-. The van der Waals surface area contributed by atoms with Crippen LogP contribution in [0.5, 0.6) is 0 Å². The predicted molar refractivity (Wildman–Crippen MR) is 91.4 cm³/mol. The molecule has 6 heteroatoms. The van der Waals surface area contributed by atoms with Crippen molar-refractivity contribution < 1.29 is 14.8 Å². The summed E-state index contributed by atoms with van der Waals surface area (Å²) in [6, 6.07) is 6.06. The number of nitro groups is 1. The third-order valence-electron chi connectivity index (χ3n) is 3.57. The molecule has 0 saturated carbocycles. The average molecular weight is 330 g/mol. The number of Topliss-reactive ketones (excluding diaryl/α,β-unsaturated/α-hetero) is 1. The summed E-state index contributed by atoms with van der Waals surface area (Å²) in [6.45, 7) is 10.5. The number of allylic oxidation sites excluding steroid dienone is 1. The van der Waals surface area contributed by atoms with Crippen LogP contribution in [0, 0.1) is 26.9 Å². The second-order valence-corrected chi connectivity index (χ2v) is 7.65. The van der Waals surface area contributed by atoms with E-state index >= 15 is 0 Å². The molecule has 0 saturated heterocycles. The van der Waals surface area contributed by atoms with Crippen LogP contribution in [0.2, 0.25) is 0 Å². The van der Waals surface area contributed by atoms with Gasteiger partial charge in [0.15, 0.2) is 11.5 Å². The number of ketones is 1. The Labute approximate surface area is 141 Å². The lowest BCUT2D eigenvalue weighted by Crippen LogP contribution is -2.22. The monoisotopic (exact) mass is 330 g/mol. The number of carbonyl (C=O) groups excluding carboxylic acids is 1. The lowest BCUT2D eigenvalue weighted by atomic mass is 9.84. The van der Waals surface area contributed by atoms with Crippen LogP contribution in [0.1, 0.15) is 52.7 Å². The van der Waals surface area contributed by atoms with E-state index in [4.69, 9.17) is 0 Å². The zero-order valence-electron chi connectivity index (χ0n) is 14.8. The fourth-order valence-electron chi connectivity index (χ4n) is 2.07. The Morgan fingerprint density at radius 3 is 2.12 bits per heavy atom. The molecule has 6 nitrogen and oxygen atoms in total. The van der Waals surface area contributed by atoms with E-state index in [1.165, 1.54) is 12.1 Å². The third kappa shape index (κ3) is 3.99. The average Bonchev–Trinajstić information content (AvgIpc) is 2.45. The molecule has 0 unspecified atom stereocenters. The normalized spacial score (nSPS) is 13.0. The molecule has 0 bridgehead atoms. The topological polar surface area (TPSA) is 104 Å². The van der Waals surface area contributed by atoms with Crippen molar-refractivity contribution in [3.8, 4) is 6.07 Å². The minimum absolute atomic E-state index is 0.137. The highest BCUT2D eigenvalue weighted by Gasteiger charge is 2.31. The van der Waals surface area contributed by atoms with Gasteiger partial charge in [-0.2, -0.15) is 5.26 Å². The number of benzene rings is 1. The van der Waals surface area contributed by atoms with Crippen LogP contribution in [-0.4, -0.2) is 15.8 Å². The molecule has 128 valence electrons. The number of aliphatic hydroxyl groups excluding tert-OH is 1. The second kappa shape index (κ2) is 6.44. The van der Waals surface area contributed by atoms with Gasteiger partial charge in [0.2, 0.25) is 0 Å². The number of hydrogen-bond donors (Lipinski definition) is 1. The summed E-state index contributed by atoms with van der Waals surface area (Å²) < 4.78 is 0. The highest BCUT2D eigenvalue weighted by molar-refractivity contribution is 6.08. The van der Waals surface area contributed by atoms with Gasteiger partial charge in [-0.15, -0.1) is 0 Å². The molecular formula is C18H22N2O4. The summed E-state index contributed by atoms with van der Waals surface area (Å²) >= 11 is 0. The molecular weight excluding hydrogens is 308 g/mol.